The summed E-state index contributed by atoms with van der Waals surface area (Å²) in [7, 11) is 18.0. The number of methoxy groups -OCH3 is 1. The number of hydrogen-bond acceptors (Lipinski definition) is 11. The van der Waals surface area contributed by atoms with Crippen LogP contribution in [0.2, 0.25) is 0 Å². The first-order valence-corrected chi connectivity index (χ1v) is 12.0. The van der Waals surface area contributed by atoms with Crippen LogP contribution in [0.4, 0.5) is 17.2 Å². The van der Waals surface area contributed by atoms with Gasteiger partial charge < -0.3 is 35.6 Å². The van der Waals surface area contributed by atoms with Crippen molar-refractivity contribution in [1.29, 1.82) is 0 Å². The Morgan fingerprint density at radius 1 is 1.20 bits per heavy atom. The fraction of sp³-hybridized carbons (Fsp3) is 0.348. The van der Waals surface area contributed by atoms with Crippen LogP contribution in [-0.4, -0.2) is 85.7 Å². The maximum Gasteiger partial charge on any atom is 0.272 e. The second-order valence-corrected chi connectivity index (χ2v) is 9.05. The Morgan fingerprint density at radius 2 is 1.95 bits per heavy atom. The SMILES string of the molecule is [B]C([B])([B])NC(=O)c1nnc(NC(=O)C2CC2)cc1Nc1cccc(-c2nc([C@H](CO)NC(C)=O)no2)c1OC. The average Bonchev–Trinajstić information content (AvgIpc) is 3.63. The van der Waals surface area contributed by atoms with E-state index in [1.165, 1.54) is 20.1 Å². The second-order valence-electron chi connectivity index (χ2n) is 9.05. The zero-order chi connectivity index (χ0) is 29.0. The molecule has 2 heterocycles. The molecule has 1 aliphatic carbocycles. The molecular formula is C23H23B3N8O6. The summed E-state index contributed by atoms with van der Waals surface area (Å²) >= 11 is 0. The smallest absolute Gasteiger partial charge is 0.272 e. The van der Waals surface area contributed by atoms with Crippen molar-refractivity contribution < 1.29 is 28.8 Å². The normalized spacial score (nSPS) is 13.7. The molecule has 1 atom stereocenters. The number of benzene rings is 1. The lowest BCUT2D eigenvalue weighted by atomic mass is 9.49. The van der Waals surface area contributed by atoms with Gasteiger partial charge in [0.15, 0.2) is 23.1 Å². The highest BCUT2D eigenvalue weighted by atomic mass is 16.5. The first-order valence-electron chi connectivity index (χ1n) is 12.0. The van der Waals surface area contributed by atoms with Crippen molar-refractivity contribution in [3.05, 3.63) is 35.8 Å². The zero-order valence-corrected chi connectivity index (χ0v) is 21.6. The largest absolute Gasteiger partial charge is 0.494 e. The molecule has 1 fully saturated rings. The summed E-state index contributed by atoms with van der Waals surface area (Å²) in [5, 5.41) is 29.7. The van der Waals surface area contributed by atoms with Gasteiger partial charge in [0.05, 0.1) is 54.2 Å². The summed E-state index contributed by atoms with van der Waals surface area (Å²) in [6.07, 6.45) is 1.56. The van der Waals surface area contributed by atoms with Crippen molar-refractivity contribution >= 4 is 58.5 Å². The number of carbonyl (C=O) groups excluding carboxylic acids is 3. The van der Waals surface area contributed by atoms with E-state index in [2.05, 4.69) is 41.6 Å². The Kier molecular flexibility index (Phi) is 8.42. The number of para-hydroxylation sites is 1. The van der Waals surface area contributed by atoms with Crippen LogP contribution in [0.5, 0.6) is 5.75 Å². The van der Waals surface area contributed by atoms with Crippen LogP contribution in [0.1, 0.15) is 42.1 Å². The number of ether oxygens (including phenoxy) is 1. The summed E-state index contributed by atoms with van der Waals surface area (Å²) in [6.45, 7) is 0.841. The van der Waals surface area contributed by atoms with Gasteiger partial charge in [-0.3, -0.25) is 14.4 Å². The molecule has 5 N–H and O–H groups in total. The molecule has 0 spiro atoms. The van der Waals surface area contributed by atoms with Crippen LogP contribution in [-0.2, 0) is 9.59 Å². The van der Waals surface area contributed by atoms with E-state index in [1.807, 2.05) is 0 Å². The predicted molar refractivity (Wildman–Crippen MR) is 144 cm³/mol. The third-order valence-corrected chi connectivity index (χ3v) is 5.57. The summed E-state index contributed by atoms with van der Waals surface area (Å²) in [4.78, 5) is 40.8. The van der Waals surface area contributed by atoms with E-state index in [1.54, 1.807) is 18.2 Å². The van der Waals surface area contributed by atoms with Crippen molar-refractivity contribution in [3.8, 4) is 17.2 Å². The Labute approximate surface area is 232 Å². The van der Waals surface area contributed by atoms with Gasteiger partial charge in [-0.1, -0.05) is 16.5 Å². The molecule has 4 rings (SSSR count). The molecule has 17 heteroatoms. The Hall–Kier alpha value is -4.40. The molecule has 1 aliphatic rings. The van der Waals surface area contributed by atoms with Gasteiger partial charge >= 0.3 is 0 Å². The molecule has 0 unspecified atom stereocenters. The second kappa shape index (κ2) is 11.8. The first kappa shape index (κ1) is 28.6. The van der Waals surface area contributed by atoms with Gasteiger partial charge in [0.25, 0.3) is 11.8 Å². The van der Waals surface area contributed by atoms with Gasteiger partial charge in [-0.2, -0.15) is 4.98 Å². The number of amides is 3. The fourth-order valence-corrected chi connectivity index (χ4v) is 3.64. The Balaban J connectivity index is 1.70. The molecule has 2 aromatic heterocycles. The molecule has 200 valence electrons. The summed E-state index contributed by atoms with van der Waals surface area (Å²) in [6, 6.07) is 5.45. The van der Waals surface area contributed by atoms with Gasteiger partial charge in [0.1, 0.15) is 6.04 Å². The number of rotatable bonds is 11. The third-order valence-electron chi connectivity index (χ3n) is 5.57. The molecule has 0 aliphatic heterocycles. The molecule has 0 bridgehead atoms. The maximum atomic E-state index is 12.8. The highest BCUT2D eigenvalue weighted by Crippen LogP contribution is 2.38. The fourth-order valence-electron chi connectivity index (χ4n) is 3.64. The number of aliphatic hydroxyl groups is 1. The molecule has 1 aromatic carbocycles. The quantitative estimate of drug-likeness (QED) is 0.200. The van der Waals surface area contributed by atoms with E-state index in [0.29, 0.717) is 11.3 Å². The van der Waals surface area contributed by atoms with Gasteiger partial charge in [-0.15, -0.1) is 10.2 Å². The van der Waals surface area contributed by atoms with Crippen molar-refractivity contribution in [2.45, 2.75) is 31.0 Å². The molecule has 3 aromatic rings. The molecule has 3 amide bonds. The average molecular weight is 540 g/mol. The van der Waals surface area contributed by atoms with E-state index >= 15 is 0 Å². The standard InChI is InChI=1S/C23H23B3N8O6/c1-10(36)27-15(9-35)19-30-22(40-34-19)12-4-3-5-13(18(12)39-2)28-14-8-16(29-20(37)11-6-7-11)32-33-17(14)21(38)31-23(24,25)26/h3-5,8,11,15,35H,6-7,9H2,1-2H3,(H,27,36)(H,31,38)(H2,28,29,32,37)/t15-/m0/s1. The van der Waals surface area contributed by atoms with Crippen molar-refractivity contribution in [2.75, 3.05) is 24.4 Å². The first-order chi connectivity index (χ1) is 19.0. The van der Waals surface area contributed by atoms with E-state index in [9.17, 15) is 19.5 Å². The van der Waals surface area contributed by atoms with Crippen molar-refractivity contribution in [2.24, 2.45) is 5.92 Å². The monoisotopic (exact) mass is 540 g/mol. The van der Waals surface area contributed by atoms with E-state index in [4.69, 9.17) is 32.8 Å². The van der Waals surface area contributed by atoms with E-state index in [-0.39, 0.29) is 52.4 Å². The zero-order valence-electron chi connectivity index (χ0n) is 21.6. The highest BCUT2D eigenvalue weighted by Gasteiger charge is 2.30. The molecule has 6 radical (unpaired) electrons. The van der Waals surface area contributed by atoms with Gasteiger partial charge in [-0.05, 0) is 25.0 Å². The molecular weight excluding hydrogens is 517 g/mol. The molecule has 14 nitrogen and oxygen atoms in total. The molecule has 1 saturated carbocycles. The Bertz CT molecular complexity index is 1430. The summed E-state index contributed by atoms with van der Waals surface area (Å²) in [5.41, 5.74) is 0.562. The van der Waals surface area contributed by atoms with Gasteiger partial charge in [0, 0.05) is 18.9 Å². The number of nitrogens with one attached hydrogen (secondary N) is 4. The number of carbonyl (C=O) groups is 3. The topological polar surface area (TPSA) is 193 Å². The van der Waals surface area contributed by atoms with Crippen LogP contribution < -0.4 is 26.0 Å². The lowest BCUT2D eigenvalue weighted by molar-refractivity contribution is -0.120. The molecule has 0 saturated heterocycles. The third kappa shape index (κ3) is 6.97. The van der Waals surface area contributed by atoms with Crippen LogP contribution in [0.15, 0.2) is 28.8 Å². The van der Waals surface area contributed by atoms with Gasteiger partial charge in [0.2, 0.25) is 11.8 Å². The maximum absolute atomic E-state index is 12.8. The van der Waals surface area contributed by atoms with Crippen LogP contribution in [0, 0.1) is 5.92 Å². The minimum Gasteiger partial charge on any atom is -0.494 e. The minimum absolute atomic E-state index is 0.0293. The van der Waals surface area contributed by atoms with Crippen LogP contribution in [0.3, 0.4) is 0 Å². The lowest BCUT2D eigenvalue weighted by Crippen LogP contribution is -2.50. The van der Waals surface area contributed by atoms with Gasteiger partial charge in [-0.25, -0.2) is 0 Å². The number of aromatic nitrogens is 4. The lowest BCUT2D eigenvalue weighted by Gasteiger charge is -2.23. The van der Waals surface area contributed by atoms with Crippen LogP contribution >= 0.6 is 0 Å². The minimum atomic E-state index is -2.04. The van der Waals surface area contributed by atoms with E-state index in [0.717, 1.165) is 12.8 Å². The number of anilines is 3. The van der Waals surface area contributed by atoms with Crippen molar-refractivity contribution in [3.63, 3.8) is 0 Å². The van der Waals surface area contributed by atoms with Crippen molar-refractivity contribution in [1.82, 2.24) is 31.0 Å². The summed E-state index contributed by atoms with van der Waals surface area (Å²) < 4.78 is 11.0. The van der Waals surface area contributed by atoms with E-state index < -0.39 is 23.8 Å². The number of aliphatic hydroxyl groups excluding tert-OH is 1. The van der Waals surface area contributed by atoms with Crippen LogP contribution in [0.25, 0.3) is 11.5 Å². The predicted octanol–water partition coefficient (Wildman–Crippen LogP) is -0.357. The highest BCUT2D eigenvalue weighted by molar-refractivity contribution is 6.60. The number of hydrogen-bond donors (Lipinski definition) is 5. The molecule has 40 heavy (non-hydrogen) atoms. The Morgan fingerprint density at radius 3 is 2.58 bits per heavy atom. The number of nitrogens with zero attached hydrogens (tertiary/aromatic N) is 4. The summed E-state index contributed by atoms with van der Waals surface area (Å²) in [5.74, 6) is -1.13.